The van der Waals surface area contributed by atoms with Gasteiger partial charge in [-0.2, -0.15) is 17.6 Å². The Balaban J connectivity index is 3.11. The van der Waals surface area contributed by atoms with Gasteiger partial charge in [-0.05, 0) is 13.0 Å². The number of rotatable bonds is 6. The Hall–Kier alpha value is -1.79. The Kier molecular flexibility index (Phi) is 4.94. The Labute approximate surface area is 100 Å². The lowest BCUT2D eigenvalue weighted by Crippen LogP contribution is -2.10. The molecule has 0 aromatic heterocycles. The van der Waals surface area contributed by atoms with Crippen LogP contribution in [0.15, 0.2) is 18.2 Å². The molecule has 1 aromatic rings. The number of alkyl halides is 4. The van der Waals surface area contributed by atoms with Crippen LogP contribution in [-0.4, -0.2) is 19.0 Å². The summed E-state index contributed by atoms with van der Waals surface area (Å²) >= 11 is 0. The maximum atomic E-state index is 12.2. The van der Waals surface area contributed by atoms with Gasteiger partial charge in [0.2, 0.25) is 0 Å². The highest BCUT2D eigenvalue weighted by molar-refractivity contribution is 5.79. The molecule has 0 unspecified atom stereocenters. The van der Waals surface area contributed by atoms with Crippen molar-refractivity contribution in [1.29, 1.82) is 0 Å². The van der Waals surface area contributed by atoms with Gasteiger partial charge in [0.05, 0.1) is 0 Å². The molecule has 1 aromatic carbocycles. The fourth-order valence-electron chi connectivity index (χ4n) is 1.38. The van der Waals surface area contributed by atoms with Crippen LogP contribution in [0.25, 0.3) is 0 Å². The van der Waals surface area contributed by atoms with E-state index in [2.05, 4.69) is 9.47 Å². The predicted molar refractivity (Wildman–Crippen MR) is 54.1 cm³/mol. The highest BCUT2D eigenvalue weighted by Gasteiger charge is 2.18. The highest BCUT2D eigenvalue weighted by atomic mass is 19.3. The SMILES string of the molecule is CC(=O)Cc1cccc(OC(F)F)c1OC(F)F. The van der Waals surface area contributed by atoms with Gasteiger partial charge < -0.3 is 9.47 Å². The van der Waals surface area contributed by atoms with Gasteiger partial charge in [-0.15, -0.1) is 0 Å². The first-order valence-corrected chi connectivity index (χ1v) is 4.91. The lowest BCUT2D eigenvalue weighted by atomic mass is 10.1. The van der Waals surface area contributed by atoms with Crippen LogP contribution in [0.5, 0.6) is 11.5 Å². The Bertz CT molecular complexity index is 421. The maximum absolute atomic E-state index is 12.2. The van der Waals surface area contributed by atoms with Gasteiger partial charge in [0, 0.05) is 12.0 Å². The number of ketones is 1. The van der Waals surface area contributed by atoms with E-state index in [-0.39, 0.29) is 17.8 Å². The molecule has 18 heavy (non-hydrogen) atoms. The zero-order valence-corrected chi connectivity index (χ0v) is 9.33. The number of Topliss-reactive ketones (excluding diaryl/α,β-unsaturated/α-hetero) is 1. The first-order chi connectivity index (χ1) is 8.40. The number of ether oxygens (including phenoxy) is 2. The summed E-state index contributed by atoms with van der Waals surface area (Å²) in [4.78, 5) is 11.0. The summed E-state index contributed by atoms with van der Waals surface area (Å²) in [5.41, 5.74) is 0.0703. The minimum Gasteiger partial charge on any atom is -0.431 e. The molecule has 3 nitrogen and oxygen atoms in total. The van der Waals surface area contributed by atoms with Gasteiger partial charge >= 0.3 is 13.2 Å². The molecule has 0 heterocycles. The number of benzene rings is 1. The smallest absolute Gasteiger partial charge is 0.387 e. The van der Waals surface area contributed by atoms with Crippen molar-refractivity contribution in [2.75, 3.05) is 0 Å². The van der Waals surface area contributed by atoms with Gasteiger partial charge in [-0.3, -0.25) is 4.79 Å². The van der Waals surface area contributed by atoms with E-state index in [0.29, 0.717) is 0 Å². The third-order valence-electron chi connectivity index (χ3n) is 1.92. The second-order valence-electron chi connectivity index (χ2n) is 3.38. The second kappa shape index (κ2) is 6.23. The molecule has 0 saturated carbocycles. The molecule has 0 N–H and O–H groups in total. The summed E-state index contributed by atoms with van der Waals surface area (Å²) in [6.07, 6.45) is -0.206. The molecule has 1 rings (SSSR count). The van der Waals surface area contributed by atoms with Gasteiger partial charge in [-0.25, -0.2) is 0 Å². The lowest BCUT2D eigenvalue weighted by Gasteiger charge is -2.14. The van der Waals surface area contributed by atoms with E-state index in [1.807, 2.05) is 0 Å². The minimum atomic E-state index is -3.20. The summed E-state index contributed by atoms with van der Waals surface area (Å²) in [6, 6.07) is 3.71. The zero-order chi connectivity index (χ0) is 13.7. The molecule has 0 fully saturated rings. The number of para-hydroxylation sites is 1. The second-order valence-corrected chi connectivity index (χ2v) is 3.38. The van der Waals surface area contributed by atoms with Crippen molar-refractivity contribution in [1.82, 2.24) is 0 Å². The van der Waals surface area contributed by atoms with Gasteiger partial charge in [0.1, 0.15) is 5.78 Å². The van der Waals surface area contributed by atoms with Crippen molar-refractivity contribution in [2.24, 2.45) is 0 Å². The fourth-order valence-corrected chi connectivity index (χ4v) is 1.38. The molecule has 0 aliphatic heterocycles. The van der Waals surface area contributed by atoms with Crippen LogP contribution in [0.2, 0.25) is 0 Å². The number of carbonyl (C=O) groups is 1. The summed E-state index contributed by atoms with van der Waals surface area (Å²) < 4.78 is 56.8. The van der Waals surface area contributed by atoms with E-state index < -0.39 is 24.7 Å². The topological polar surface area (TPSA) is 35.5 Å². The van der Waals surface area contributed by atoms with Crippen LogP contribution in [0.1, 0.15) is 12.5 Å². The third-order valence-corrected chi connectivity index (χ3v) is 1.92. The molecule has 7 heteroatoms. The molecule has 0 amide bonds. The molecule has 0 aliphatic carbocycles. The molecule has 0 spiro atoms. The van der Waals surface area contributed by atoms with Crippen molar-refractivity contribution in [3.05, 3.63) is 23.8 Å². The monoisotopic (exact) mass is 266 g/mol. The van der Waals surface area contributed by atoms with Crippen LogP contribution in [0.3, 0.4) is 0 Å². The number of hydrogen-bond donors (Lipinski definition) is 0. The molecule has 100 valence electrons. The molecule has 0 bridgehead atoms. The number of hydrogen-bond acceptors (Lipinski definition) is 3. The summed E-state index contributed by atoms with van der Waals surface area (Å²) in [6.45, 7) is -5.12. The van der Waals surface area contributed by atoms with Gasteiger partial charge in [0.15, 0.2) is 11.5 Å². The van der Waals surface area contributed by atoms with E-state index in [4.69, 9.17) is 0 Å². The summed E-state index contributed by atoms with van der Waals surface area (Å²) in [7, 11) is 0. The van der Waals surface area contributed by atoms with Gasteiger partial charge in [-0.1, -0.05) is 12.1 Å². The highest BCUT2D eigenvalue weighted by Crippen LogP contribution is 2.34. The van der Waals surface area contributed by atoms with Crippen molar-refractivity contribution >= 4 is 5.78 Å². The molecule has 0 atom stereocenters. The standard InChI is InChI=1S/C11H10F4O3/c1-6(16)5-7-3-2-4-8(17-10(12)13)9(7)18-11(14)15/h2-4,10-11H,5H2,1H3. The average Bonchev–Trinajstić information content (AvgIpc) is 2.20. The molecular weight excluding hydrogens is 256 g/mol. The van der Waals surface area contributed by atoms with Crippen LogP contribution in [0, 0.1) is 0 Å². The zero-order valence-electron chi connectivity index (χ0n) is 9.33. The Morgan fingerprint density at radius 1 is 1.17 bits per heavy atom. The first kappa shape index (κ1) is 14.3. The lowest BCUT2D eigenvalue weighted by molar-refractivity contribution is -0.116. The van der Waals surface area contributed by atoms with Crippen LogP contribution >= 0.6 is 0 Å². The Morgan fingerprint density at radius 2 is 1.78 bits per heavy atom. The largest absolute Gasteiger partial charge is 0.431 e. The first-order valence-electron chi connectivity index (χ1n) is 4.91. The molecule has 0 radical (unpaired) electrons. The number of carbonyl (C=O) groups excluding carboxylic acids is 1. The normalized spacial score (nSPS) is 10.8. The number of halogens is 4. The molecule has 0 saturated heterocycles. The van der Waals surface area contributed by atoms with Crippen molar-refractivity contribution in [2.45, 2.75) is 26.6 Å². The van der Waals surface area contributed by atoms with Crippen molar-refractivity contribution in [3.8, 4) is 11.5 Å². The van der Waals surface area contributed by atoms with Gasteiger partial charge in [0.25, 0.3) is 0 Å². The van der Waals surface area contributed by atoms with Crippen LogP contribution in [-0.2, 0) is 11.2 Å². The van der Waals surface area contributed by atoms with E-state index >= 15 is 0 Å². The van der Waals surface area contributed by atoms with E-state index in [1.165, 1.54) is 19.1 Å². The van der Waals surface area contributed by atoms with E-state index in [0.717, 1.165) is 6.07 Å². The Morgan fingerprint density at radius 3 is 2.28 bits per heavy atom. The fraction of sp³-hybridized carbons (Fsp3) is 0.364. The van der Waals surface area contributed by atoms with E-state index in [9.17, 15) is 22.4 Å². The average molecular weight is 266 g/mol. The third kappa shape index (κ3) is 4.23. The van der Waals surface area contributed by atoms with Crippen molar-refractivity contribution < 1.29 is 31.8 Å². The molecular formula is C11H10F4O3. The maximum Gasteiger partial charge on any atom is 0.387 e. The molecule has 0 aliphatic rings. The van der Waals surface area contributed by atoms with Crippen LogP contribution in [0.4, 0.5) is 17.6 Å². The quantitative estimate of drug-likeness (QED) is 0.742. The minimum absolute atomic E-state index is 0.0703. The van der Waals surface area contributed by atoms with Crippen LogP contribution < -0.4 is 9.47 Å². The summed E-state index contributed by atoms with van der Waals surface area (Å²) in [5, 5.41) is 0. The van der Waals surface area contributed by atoms with E-state index in [1.54, 1.807) is 0 Å². The van der Waals surface area contributed by atoms with Crippen molar-refractivity contribution in [3.63, 3.8) is 0 Å². The summed E-state index contributed by atoms with van der Waals surface area (Å²) in [5.74, 6) is -1.38. The predicted octanol–water partition coefficient (Wildman–Crippen LogP) is 3.02.